The summed E-state index contributed by atoms with van der Waals surface area (Å²) >= 11 is 0. The van der Waals surface area contributed by atoms with Crippen molar-refractivity contribution in [2.45, 2.75) is 25.8 Å². The standard InChI is InChI=1S/C15H16N2O2/c1-10-8-13(10)15(18)17-14(6-7-19-17)12-4-2-11(9-16)3-5-12/h2-5,10,13-14H,6-8H2,1H3/t10?,13?,14-/m0/s1. The quantitative estimate of drug-likeness (QED) is 0.816. The first-order chi connectivity index (χ1) is 9.20. The molecule has 1 aromatic carbocycles. The minimum absolute atomic E-state index is 0.00644. The Bertz CT molecular complexity index is 532. The van der Waals surface area contributed by atoms with E-state index in [1.165, 1.54) is 0 Å². The summed E-state index contributed by atoms with van der Waals surface area (Å²) in [5.74, 6) is 0.733. The van der Waals surface area contributed by atoms with Crippen LogP contribution in [0.4, 0.5) is 0 Å². The Labute approximate surface area is 112 Å². The van der Waals surface area contributed by atoms with Gasteiger partial charge in [0, 0.05) is 12.3 Å². The van der Waals surface area contributed by atoms with Gasteiger partial charge in [0.25, 0.3) is 0 Å². The summed E-state index contributed by atoms with van der Waals surface area (Å²) in [6.45, 7) is 2.67. The summed E-state index contributed by atoms with van der Waals surface area (Å²) in [6.07, 6.45) is 1.79. The van der Waals surface area contributed by atoms with Gasteiger partial charge in [-0.25, -0.2) is 5.06 Å². The molecule has 0 N–H and O–H groups in total. The highest BCUT2D eigenvalue weighted by Crippen LogP contribution is 2.42. The number of carbonyl (C=O) groups is 1. The van der Waals surface area contributed by atoms with E-state index in [4.69, 9.17) is 10.1 Å². The van der Waals surface area contributed by atoms with Crippen LogP contribution in [0.25, 0.3) is 0 Å². The first-order valence-electron chi connectivity index (χ1n) is 6.66. The molecule has 98 valence electrons. The average Bonchev–Trinajstić information content (AvgIpc) is 2.98. The molecule has 0 bridgehead atoms. The molecule has 1 saturated carbocycles. The Balaban J connectivity index is 1.78. The largest absolute Gasteiger partial charge is 0.272 e. The fraction of sp³-hybridized carbons (Fsp3) is 0.467. The molecule has 1 amide bonds. The van der Waals surface area contributed by atoms with E-state index in [1.807, 2.05) is 12.1 Å². The molecule has 3 atom stereocenters. The molecule has 2 unspecified atom stereocenters. The third-order valence-corrected chi connectivity index (χ3v) is 3.97. The van der Waals surface area contributed by atoms with Crippen molar-refractivity contribution in [3.05, 3.63) is 35.4 Å². The predicted molar refractivity (Wildman–Crippen MR) is 68.6 cm³/mol. The van der Waals surface area contributed by atoms with Crippen molar-refractivity contribution < 1.29 is 9.63 Å². The van der Waals surface area contributed by atoms with E-state index in [2.05, 4.69) is 13.0 Å². The topological polar surface area (TPSA) is 53.3 Å². The molecule has 1 saturated heterocycles. The molecule has 4 heteroatoms. The second-order valence-corrected chi connectivity index (χ2v) is 5.36. The molecule has 1 heterocycles. The van der Waals surface area contributed by atoms with Crippen LogP contribution in [-0.2, 0) is 9.63 Å². The van der Waals surface area contributed by atoms with Crippen LogP contribution in [0.3, 0.4) is 0 Å². The van der Waals surface area contributed by atoms with Crippen molar-refractivity contribution in [2.24, 2.45) is 11.8 Å². The summed E-state index contributed by atoms with van der Waals surface area (Å²) in [5.41, 5.74) is 1.68. The van der Waals surface area contributed by atoms with Gasteiger partial charge in [0.2, 0.25) is 5.91 Å². The zero-order chi connectivity index (χ0) is 13.4. The number of nitriles is 1. The lowest BCUT2D eigenvalue weighted by atomic mass is 10.0. The number of nitrogens with zero attached hydrogens (tertiary/aromatic N) is 2. The molecule has 0 aromatic heterocycles. The van der Waals surface area contributed by atoms with Gasteiger partial charge in [0.1, 0.15) is 0 Å². The van der Waals surface area contributed by atoms with Crippen molar-refractivity contribution in [1.29, 1.82) is 5.26 Å². The van der Waals surface area contributed by atoms with E-state index in [1.54, 1.807) is 17.2 Å². The molecular weight excluding hydrogens is 240 g/mol. The van der Waals surface area contributed by atoms with Gasteiger partial charge in [-0.1, -0.05) is 19.1 Å². The summed E-state index contributed by atoms with van der Waals surface area (Å²) in [5, 5.41) is 10.4. The molecule has 2 aliphatic rings. The lowest BCUT2D eigenvalue weighted by Gasteiger charge is -2.23. The molecule has 2 fully saturated rings. The van der Waals surface area contributed by atoms with E-state index in [9.17, 15) is 4.79 Å². The third-order valence-electron chi connectivity index (χ3n) is 3.97. The maximum absolute atomic E-state index is 12.3. The van der Waals surface area contributed by atoms with Gasteiger partial charge in [0.05, 0.1) is 24.3 Å². The van der Waals surface area contributed by atoms with E-state index >= 15 is 0 Å². The van der Waals surface area contributed by atoms with Gasteiger partial charge in [-0.05, 0) is 30.0 Å². The maximum Gasteiger partial charge on any atom is 0.250 e. The molecule has 0 radical (unpaired) electrons. The van der Waals surface area contributed by atoms with Crippen molar-refractivity contribution >= 4 is 5.91 Å². The fourth-order valence-corrected chi connectivity index (χ4v) is 2.60. The number of amides is 1. The number of hydrogen-bond donors (Lipinski definition) is 0. The number of rotatable bonds is 2. The van der Waals surface area contributed by atoms with Gasteiger partial charge in [0.15, 0.2) is 0 Å². The minimum atomic E-state index is -0.00644. The Kier molecular flexibility index (Phi) is 3.00. The number of benzene rings is 1. The molecule has 4 nitrogen and oxygen atoms in total. The van der Waals surface area contributed by atoms with Crippen LogP contribution in [0.2, 0.25) is 0 Å². The summed E-state index contributed by atoms with van der Waals surface area (Å²) in [4.78, 5) is 17.8. The monoisotopic (exact) mass is 256 g/mol. The zero-order valence-corrected chi connectivity index (χ0v) is 10.9. The second-order valence-electron chi connectivity index (χ2n) is 5.36. The fourth-order valence-electron chi connectivity index (χ4n) is 2.60. The van der Waals surface area contributed by atoms with Gasteiger partial charge >= 0.3 is 0 Å². The molecule has 0 spiro atoms. The molecule has 1 aliphatic heterocycles. The maximum atomic E-state index is 12.3. The molecule has 1 aromatic rings. The van der Waals surface area contributed by atoms with Crippen molar-refractivity contribution in [1.82, 2.24) is 5.06 Å². The number of carbonyl (C=O) groups excluding carboxylic acids is 1. The highest BCUT2D eigenvalue weighted by atomic mass is 16.7. The SMILES string of the molecule is CC1CC1C(=O)N1OCC[C@H]1c1ccc(C#N)cc1. The highest BCUT2D eigenvalue weighted by Gasteiger charge is 2.45. The van der Waals surface area contributed by atoms with Crippen LogP contribution < -0.4 is 0 Å². The Morgan fingerprint density at radius 2 is 2.11 bits per heavy atom. The van der Waals surface area contributed by atoms with Crippen molar-refractivity contribution in [3.8, 4) is 6.07 Å². The van der Waals surface area contributed by atoms with E-state index in [-0.39, 0.29) is 17.9 Å². The van der Waals surface area contributed by atoms with E-state index in [0.717, 1.165) is 18.4 Å². The third kappa shape index (κ3) is 2.22. The van der Waals surface area contributed by atoms with Crippen LogP contribution in [0.15, 0.2) is 24.3 Å². The molecule has 1 aliphatic carbocycles. The highest BCUT2D eigenvalue weighted by molar-refractivity contribution is 5.81. The Hall–Kier alpha value is -1.86. The molecular formula is C15H16N2O2. The van der Waals surface area contributed by atoms with Crippen LogP contribution in [0.5, 0.6) is 0 Å². The van der Waals surface area contributed by atoms with Crippen LogP contribution >= 0.6 is 0 Å². The predicted octanol–water partition coefficient (Wildman–Crippen LogP) is 2.42. The van der Waals surface area contributed by atoms with Crippen LogP contribution in [0, 0.1) is 23.2 Å². The van der Waals surface area contributed by atoms with Crippen molar-refractivity contribution in [2.75, 3.05) is 6.61 Å². The lowest BCUT2D eigenvalue weighted by molar-refractivity contribution is -0.179. The Morgan fingerprint density at radius 3 is 2.68 bits per heavy atom. The van der Waals surface area contributed by atoms with Gasteiger partial charge in [-0.2, -0.15) is 5.26 Å². The number of hydrogen-bond acceptors (Lipinski definition) is 3. The second kappa shape index (κ2) is 4.67. The van der Waals surface area contributed by atoms with Crippen LogP contribution in [-0.4, -0.2) is 17.6 Å². The summed E-state index contributed by atoms with van der Waals surface area (Å²) in [6, 6.07) is 9.49. The van der Waals surface area contributed by atoms with Crippen LogP contribution in [0.1, 0.15) is 36.9 Å². The molecule has 3 rings (SSSR count). The Morgan fingerprint density at radius 1 is 1.42 bits per heavy atom. The summed E-state index contributed by atoms with van der Waals surface area (Å²) in [7, 11) is 0. The average molecular weight is 256 g/mol. The first-order valence-corrected chi connectivity index (χ1v) is 6.66. The van der Waals surface area contributed by atoms with Gasteiger partial charge in [-0.3, -0.25) is 9.63 Å². The molecule has 19 heavy (non-hydrogen) atoms. The van der Waals surface area contributed by atoms with Gasteiger partial charge in [-0.15, -0.1) is 0 Å². The zero-order valence-electron chi connectivity index (χ0n) is 10.9. The first kappa shape index (κ1) is 12.2. The van der Waals surface area contributed by atoms with E-state index < -0.39 is 0 Å². The minimum Gasteiger partial charge on any atom is -0.272 e. The summed E-state index contributed by atoms with van der Waals surface area (Å²) < 4.78 is 0. The van der Waals surface area contributed by atoms with E-state index in [0.29, 0.717) is 18.1 Å². The number of hydroxylamine groups is 2. The smallest absolute Gasteiger partial charge is 0.250 e. The normalized spacial score (nSPS) is 29.1. The van der Waals surface area contributed by atoms with Crippen molar-refractivity contribution in [3.63, 3.8) is 0 Å². The lowest BCUT2D eigenvalue weighted by Crippen LogP contribution is -2.31. The van der Waals surface area contributed by atoms with Gasteiger partial charge < -0.3 is 0 Å².